The Kier molecular flexibility index (Phi) is 20.5. The van der Waals surface area contributed by atoms with Crippen molar-refractivity contribution in [2.45, 2.75) is 18.3 Å². The van der Waals surface area contributed by atoms with Crippen LogP contribution in [0.3, 0.4) is 0 Å². The summed E-state index contributed by atoms with van der Waals surface area (Å²) < 4.78 is 21.4. The number of Topliss-reactive ketones (excluding diaryl/α,β-unsaturated/α-hetero) is 1. The minimum atomic E-state index is -5.61. The van der Waals surface area contributed by atoms with Gasteiger partial charge < -0.3 is 49.7 Å². The van der Waals surface area contributed by atoms with E-state index < -0.39 is 53.0 Å². The Morgan fingerprint density at radius 1 is 1.09 bits per heavy atom. The third kappa shape index (κ3) is 19.7. The topological polar surface area (TPSA) is 251 Å². The first-order valence-electron chi connectivity index (χ1n) is 4.81. The largest absolute Gasteiger partial charge is 2.00 e. The molecule has 0 heterocycles. The molecule has 4 unspecified atom stereocenters. The van der Waals surface area contributed by atoms with Crippen LogP contribution in [0.15, 0.2) is 0 Å². The van der Waals surface area contributed by atoms with Gasteiger partial charge in [-0.15, -0.1) is 0 Å². The van der Waals surface area contributed by atoms with Crippen molar-refractivity contribution in [2.75, 3.05) is 13.2 Å². The van der Waals surface area contributed by atoms with Crippen molar-refractivity contribution >= 4 is 44.5 Å². The molecule has 23 heavy (non-hydrogen) atoms. The van der Waals surface area contributed by atoms with Gasteiger partial charge in [0.1, 0.15) is 24.9 Å². The molecular formula is C6H13MgNaO13P2. The van der Waals surface area contributed by atoms with Gasteiger partial charge in [-0.1, -0.05) is 0 Å². The summed E-state index contributed by atoms with van der Waals surface area (Å²) in [5, 5.41) is 43.1. The van der Waals surface area contributed by atoms with Crippen LogP contribution in [0.2, 0.25) is 0 Å². The molecule has 0 aliphatic heterocycles. The number of carbonyl (C=O) groups excluding carboxylic acids is 1. The molecule has 0 radical (unpaired) electrons. The fourth-order valence-electron chi connectivity index (χ4n) is 0.729. The number of aliphatic hydroxyl groups excluding tert-OH is 5. The second kappa shape index (κ2) is 14.6. The minimum absolute atomic E-state index is 0. The van der Waals surface area contributed by atoms with Crippen LogP contribution in [0.5, 0.6) is 0 Å². The number of phosphoric acid groups is 2. The van der Waals surface area contributed by atoms with Crippen molar-refractivity contribution in [3.63, 3.8) is 0 Å². The molecule has 0 amide bonds. The summed E-state index contributed by atoms with van der Waals surface area (Å²) in [5.41, 5.74) is 0. The average Bonchev–Trinajstić information content (AvgIpc) is 2.31. The zero-order chi connectivity index (χ0) is 17.4. The molecule has 0 fully saturated rings. The molecule has 0 aromatic heterocycles. The third-order valence-electron chi connectivity index (χ3n) is 1.59. The first-order chi connectivity index (χ1) is 9.25. The Hall–Kier alpha value is 1.50. The monoisotopic (exact) mass is 402 g/mol. The molecule has 0 rings (SSSR count). The van der Waals surface area contributed by atoms with Gasteiger partial charge in [0.05, 0.1) is 14.4 Å². The van der Waals surface area contributed by atoms with E-state index in [1.165, 1.54) is 0 Å². The second-order valence-corrected chi connectivity index (χ2v) is 5.79. The number of carbonyl (C=O) groups is 1. The van der Waals surface area contributed by atoms with Crippen molar-refractivity contribution < 1.29 is 92.9 Å². The molecule has 0 saturated carbocycles. The van der Waals surface area contributed by atoms with Crippen LogP contribution in [0.4, 0.5) is 0 Å². The van der Waals surface area contributed by atoms with E-state index in [2.05, 4.69) is 4.31 Å². The van der Waals surface area contributed by atoms with E-state index >= 15 is 0 Å². The van der Waals surface area contributed by atoms with Crippen LogP contribution in [0, 0.1) is 0 Å². The summed E-state index contributed by atoms with van der Waals surface area (Å²) >= 11 is 0. The summed E-state index contributed by atoms with van der Waals surface area (Å²) in [6.07, 6.45) is -5.22. The van der Waals surface area contributed by atoms with Gasteiger partial charge in [-0.05, 0) is 0 Å². The van der Waals surface area contributed by atoms with E-state index in [-0.39, 0.29) is 52.6 Å². The van der Waals surface area contributed by atoms with Crippen LogP contribution >= 0.6 is 15.6 Å². The Balaban J connectivity index is -0.000000149. The van der Waals surface area contributed by atoms with Gasteiger partial charge >= 0.3 is 52.6 Å². The molecule has 128 valence electrons. The molecule has 17 heteroatoms. The van der Waals surface area contributed by atoms with Crippen LogP contribution in [0.25, 0.3) is 0 Å². The van der Waals surface area contributed by atoms with Crippen molar-refractivity contribution in [1.82, 2.24) is 0 Å². The van der Waals surface area contributed by atoms with E-state index in [1.54, 1.807) is 0 Å². The van der Waals surface area contributed by atoms with Gasteiger partial charge in [-0.3, -0.25) is 13.7 Å². The molecule has 0 bridgehead atoms. The molecule has 4 atom stereocenters. The third-order valence-corrected chi connectivity index (χ3v) is 3.22. The number of rotatable bonds is 7. The van der Waals surface area contributed by atoms with Crippen molar-refractivity contribution in [3.8, 4) is 0 Å². The molecule has 0 aromatic rings. The van der Waals surface area contributed by atoms with E-state index in [1.807, 2.05) is 0 Å². The Bertz CT molecular complexity index is 389. The first-order valence-corrected chi connectivity index (χ1v) is 7.76. The van der Waals surface area contributed by atoms with E-state index in [0.717, 1.165) is 0 Å². The summed E-state index contributed by atoms with van der Waals surface area (Å²) in [4.78, 5) is 46.2. The maximum absolute atomic E-state index is 10.5. The zero-order valence-electron chi connectivity index (χ0n) is 11.8. The SMILES string of the molecule is O=C(CO)C(O)C(O)C(O)CO.O=P([O-])([O-])OP(=O)([O-])O.[Mg+2].[Na+]. The zero-order valence-corrected chi connectivity index (χ0v) is 17.0. The molecular weight excluding hydrogens is 389 g/mol. The molecule has 0 spiro atoms. The van der Waals surface area contributed by atoms with E-state index in [4.69, 9.17) is 30.4 Å². The quantitative estimate of drug-likeness (QED) is 0.171. The fourth-order valence-corrected chi connectivity index (χ4v) is 1.74. The van der Waals surface area contributed by atoms with Gasteiger partial charge in [-0.25, -0.2) is 0 Å². The van der Waals surface area contributed by atoms with Gasteiger partial charge in [0.2, 0.25) is 0 Å². The predicted molar refractivity (Wildman–Crippen MR) is 61.5 cm³/mol. The normalized spacial score (nSPS) is 17.1. The fraction of sp³-hybridized carbons (Fsp3) is 0.833. The number of hydrogen-bond acceptors (Lipinski definition) is 12. The Labute approximate surface area is 168 Å². The molecule has 13 nitrogen and oxygen atoms in total. The standard InChI is InChI=1S/C6H12O6.Mg.Na.H4O7P2/c7-1-3(9)5(11)6(12)4(10)2-8;;;1-8(2,3)7-9(4,5)6/h3,5-9,11-12H,1-2H2;;;(H2,1,2,3)(H2,4,5,6)/q;+2;+1;/p-3. The number of ketones is 1. The van der Waals surface area contributed by atoms with Crippen LogP contribution in [-0.4, -0.2) is 90.8 Å². The predicted octanol–water partition coefficient (Wildman–Crippen LogP) is -9.46. The smallest absolute Gasteiger partial charge is 0.790 e. The first kappa shape index (κ1) is 32.2. The van der Waals surface area contributed by atoms with Crippen molar-refractivity contribution in [2.24, 2.45) is 0 Å². The molecule has 0 aliphatic rings. The summed E-state index contributed by atoms with van der Waals surface area (Å²) in [7, 11) is -11.0. The van der Waals surface area contributed by atoms with Gasteiger partial charge in [0.15, 0.2) is 5.78 Å². The number of aliphatic hydroxyl groups is 5. The molecule has 0 aromatic carbocycles. The molecule has 0 saturated heterocycles. The van der Waals surface area contributed by atoms with Crippen LogP contribution in [-0.2, 0) is 18.2 Å². The number of hydrogen-bond donors (Lipinski definition) is 6. The van der Waals surface area contributed by atoms with E-state index in [0.29, 0.717) is 0 Å². The van der Waals surface area contributed by atoms with Crippen molar-refractivity contribution in [1.29, 1.82) is 0 Å². The Morgan fingerprint density at radius 3 is 1.65 bits per heavy atom. The average molecular weight is 402 g/mol. The summed E-state index contributed by atoms with van der Waals surface area (Å²) in [5.74, 6) is -1.00. The Morgan fingerprint density at radius 2 is 1.48 bits per heavy atom. The van der Waals surface area contributed by atoms with Gasteiger partial charge in [0.25, 0.3) is 7.82 Å². The van der Waals surface area contributed by atoms with E-state index in [9.17, 15) is 28.6 Å². The summed E-state index contributed by atoms with van der Waals surface area (Å²) in [6.45, 7) is -1.69. The molecule has 6 N–H and O–H groups in total. The van der Waals surface area contributed by atoms with Crippen LogP contribution in [0.1, 0.15) is 0 Å². The second-order valence-electron chi connectivity index (χ2n) is 3.31. The molecule has 0 aliphatic carbocycles. The van der Waals surface area contributed by atoms with Gasteiger partial charge in [-0.2, -0.15) is 0 Å². The van der Waals surface area contributed by atoms with Gasteiger partial charge in [0, 0.05) is 0 Å². The summed E-state index contributed by atoms with van der Waals surface area (Å²) in [6, 6.07) is 0. The maximum atomic E-state index is 10.5. The van der Waals surface area contributed by atoms with Crippen molar-refractivity contribution in [3.05, 3.63) is 0 Å². The minimum Gasteiger partial charge on any atom is -0.790 e. The van der Waals surface area contributed by atoms with Crippen LogP contribution < -0.4 is 44.2 Å². The maximum Gasteiger partial charge on any atom is 2.00 e.